The van der Waals surface area contributed by atoms with Crippen molar-refractivity contribution in [1.82, 2.24) is 0 Å². The molecule has 2 heteroatoms. The minimum atomic E-state index is 0.378. The van der Waals surface area contributed by atoms with Gasteiger partial charge in [0.15, 0.2) is 0 Å². The van der Waals surface area contributed by atoms with E-state index in [4.69, 9.17) is 5.73 Å². The molecule has 88 valence electrons. The standard InChI is InChI=1S/C15H18N2/c1-11(2)17-15-10-13(8-9-14(15)16)12-6-4-3-5-7-12/h3-11,17H,16H2,1-2H3. The zero-order chi connectivity index (χ0) is 12.3. The zero-order valence-corrected chi connectivity index (χ0v) is 10.3. The maximum absolute atomic E-state index is 5.95. The monoisotopic (exact) mass is 226 g/mol. The Morgan fingerprint density at radius 1 is 0.941 bits per heavy atom. The van der Waals surface area contributed by atoms with Gasteiger partial charge in [-0.15, -0.1) is 0 Å². The second-order valence-corrected chi connectivity index (χ2v) is 4.47. The van der Waals surface area contributed by atoms with Gasteiger partial charge in [-0.2, -0.15) is 0 Å². The summed E-state index contributed by atoms with van der Waals surface area (Å²) >= 11 is 0. The summed E-state index contributed by atoms with van der Waals surface area (Å²) in [6.45, 7) is 4.21. The van der Waals surface area contributed by atoms with Gasteiger partial charge < -0.3 is 11.1 Å². The van der Waals surface area contributed by atoms with Gasteiger partial charge in [0.1, 0.15) is 0 Å². The Morgan fingerprint density at radius 2 is 1.65 bits per heavy atom. The highest BCUT2D eigenvalue weighted by atomic mass is 14.9. The molecule has 0 spiro atoms. The summed E-state index contributed by atoms with van der Waals surface area (Å²) in [6.07, 6.45) is 0. The summed E-state index contributed by atoms with van der Waals surface area (Å²) in [5.41, 5.74) is 10.1. The quantitative estimate of drug-likeness (QED) is 0.782. The molecule has 0 saturated carbocycles. The fraction of sp³-hybridized carbons (Fsp3) is 0.200. The summed E-state index contributed by atoms with van der Waals surface area (Å²) < 4.78 is 0. The van der Waals surface area contributed by atoms with Crippen molar-refractivity contribution in [3.63, 3.8) is 0 Å². The van der Waals surface area contributed by atoms with Crippen LogP contribution in [0, 0.1) is 0 Å². The molecule has 0 atom stereocenters. The lowest BCUT2D eigenvalue weighted by atomic mass is 10.0. The molecule has 0 radical (unpaired) electrons. The molecule has 17 heavy (non-hydrogen) atoms. The van der Waals surface area contributed by atoms with Gasteiger partial charge in [-0.1, -0.05) is 36.4 Å². The van der Waals surface area contributed by atoms with Crippen molar-refractivity contribution in [2.24, 2.45) is 0 Å². The van der Waals surface area contributed by atoms with Crippen LogP contribution in [0.5, 0.6) is 0 Å². The van der Waals surface area contributed by atoms with Crippen molar-refractivity contribution in [3.8, 4) is 11.1 Å². The van der Waals surface area contributed by atoms with Crippen LogP contribution in [-0.2, 0) is 0 Å². The second kappa shape index (κ2) is 4.91. The SMILES string of the molecule is CC(C)Nc1cc(-c2ccccc2)ccc1N. The van der Waals surface area contributed by atoms with Crippen LogP contribution in [0.2, 0.25) is 0 Å². The second-order valence-electron chi connectivity index (χ2n) is 4.47. The largest absolute Gasteiger partial charge is 0.397 e. The van der Waals surface area contributed by atoms with Crippen molar-refractivity contribution in [1.29, 1.82) is 0 Å². The van der Waals surface area contributed by atoms with E-state index in [1.165, 1.54) is 11.1 Å². The first-order valence-electron chi connectivity index (χ1n) is 5.88. The maximum Gasteiger partial charge on any atom is 0.0582 e. The van der Waals surface area contributed by atoms with Crippen molar-refractivity contribution in [3.05, 3.63) is 48.5 Å². The van der Waals surface area contributed by atoms with E-state index in [9.17, 15) is 0 Å². The van der Waals surface area contributed by atoms with Gasteiger partial charge in [0, 0.05) is 6.04 Å². The van der Waals surface area contributed by atoms with Gasteiger partial charge >= 0.3 is 0 Å². The lowest BCUT2D eigenvalue weighted by Crippen LogP contribution is -2.11. The fourth-order valence-electron chi connectivity index (χ4n) is 1.80. The van der Waals surface area contributed by atoms with Gasteiger partial charge in [0.05, 0.1) is 11.4 Å². The van der Waals surface area contributed by atoms with Gasteiger partial charge in [0.2, 0.25) is 0 Å². The van der Waals surface area contributed by atoms with E-state index >= 15 is 0 Å². The third-order valence-corrected chi connectivity index (χ3v) is 2.60. The number of hydrogen-bond donors (Lipinski definition) is 2. The average molecular weight is 226 g/mol. The highest BCUT2D eigenvalue weighted by molar-refractivity contribution is 5.76. The van der Waals surface area contributed by atoms with Gasteiger partial charge in [-0.25, -0.2) is 0 Å². The predicted molar refractivity (Wildman–Crippen MR) is 75.0 cm³/mol. The molecule has 0 heterocycles. The van der Waals surface area contributed by atoms with Crippen LogP contribution in [0.4, 0.5) is 11.4 Å². The Labute approximate surface area is 102 Å². The topological polar surface area (TPSA) is 38.0 Å². The van der Waals surface area contributed by atoms with Crippen molar-refractivity contribution < 1.29 is 0 Å². The van der Waals surface area contributed by atoms with Crippen molar-refractivity contribution in [2.45, 2.75) is 19.9 Å². The first-order valence-corrected chi connectivity index (χ1v) is 5.88. The summed E-state index contributed by atoms with van der Waals surface area (Å²) in [7, 11) is 0. The number of anilines is 2. The molecule has 2 rings (SSSR count). The van der Waals surface area contributed by atoms with Crippen molar-refractivity contribution >= 4 is 11.4 Å². The van der Waals surface area contributed by atoms with Crippen LogP contribution in [0.25, 0.3) is 11.1 Å². The molecular weight excluding hydrogens is 208 g/mol. The van der Waals surface area contributed by atoms with Crippen LogP contribution < -0.4 is 11.1 Å². The molecule has 0 saturated heterocycles. The van der Waals surface area contributed by atoms with Crippen molar-refractivity contribution in [2.75, 3.05) is 11.1 Å². The summed E-state index contributed by atoms with van der Waals surface area (Å²) in [4.78, 5) is 0. The molecule has 2 aromatic carbocycles. The molecule has 0 amide bonds. The normalized spacial score (nSPS) is 10.5. The van der Waals surface area contributed by atoms with E-state index in [2.05, 4.69) is 43.4 Å². The minimum absolute atomic E-state index is 0.378. The van der Waals surface area contributed by atoms with E-state index in [0.717, 1.165) is 11.4 Å². The van der Waals surface area contributed by atoms with E-state index in [0.29, 0.717) is 6.04 Å². The molecule has 2 aromatic rings. The van der Waals surface area contributed by atoms with Crippen LogP contribution >= 0.6 is 0 Å². The third-order valence-electron chi connectivity index (χ3n) is 2.60. The molecule has 0 aliphatic carbocycles. The highest BCUT2D eigenvalue weighted by Crippen LogP contribution is 2.27. The predicted octanol–water partition coefficient (Wildman–Crippen LogP) is 3.76. The van der Waals surface area contributed by atoms with Gasteiger partial charge in [0.25, 0.3) is 0 Å². The zero-order valence-electron chi connectivity index (χ0n) is 10.3. The number of nitrogens with one attached hydrogen (secondary N) is 1. The van der Waals surface area contributed by atoms with Crippen LogP contribution in [0.1, 0.15) is 13.8 Å². The average Bonchev–Trinajstić information content (AvgIpc) is 2.32. The molecule has 0 unspecified atom stereocenters. The van der Waals surface area contributed by atoms with Crippen LogP contribution in [0.3, 0.4) is 0 Å². The fourth-order valence-corrected chi connectivity index (χ4v) is 1.80. The molecule has 0 bridgehead atoms. The lowest BCUT2D eigenvalue weighted by Gasteiger charge is -2.14. The minimum Gasteiger partial charge on any atom is -0.397 e. The molecule has 0 aliphatic heterocycles. The molecular formula is C15H18N2. The summed E-state index contributed by atoms with van der Waals surface area (Å²) in [5, 5.41) is 3.36. The van der Waals surface area contributed by atoms with E-state index < -0.39 is 0 Å². The number of hydrogen-bond acceptors (Lipinski definition) is 2. The van der Waals surface area contributed by atoms with Gasteiger partial charge in [-0.3, -0.25) is 0 Å². The van der Waals surface area contributed by atoms with E-state index in [1.54, 1.807) is 0 Å². The molecule has 0 aliphatic rings. The Bertz CT molecular complexity index is 490. The lowest BCUT2D eigenvalue weighted by molar-refractivity contribution is 0.900. The third kappa shape index (κ3) is 2.78. The smallest absolute Gasteiger partial charge is 0.0582 e. The Morgan fingerprint density at radius 3 is 2.29 bits per heavy atom. The Balaban J connectivity index is 2.37. The van der Waals surface area contributed by atoms with Crippen LogP contribution in [-0.4, -0.2) is 6.04 Å². The number of nitrogen functional groups attached to an aromatic ring is 1. The highest BCUT2D eigenvalue weighted by Gasteiger charge is 2.03. The number of rotatable bonds is 3. The summed E-state index contributed by atoms with van der Waals surface area (Å²) in [6, 6.07) is 16.8. The first kappa shape index (κ1) is 11.5. The van der Waals surface area contributed by atoms with E-state index in [-0.39, 0.29) is 0 Å². The van der Waals surface area contributed by atoms with E-state index in [1.807, 2.05) is 24.3 Å². The Hall–Kier alpha value is -1.96. The molecule has 3 N–H and O–H groups in total. The molecule has 0 fully saturated rings. The Kier molecular flexibility index (Phi) is 3.33. The van der Waals surface area contributed by atoms with Crippen LogP contribution in [0.15, 0.2) is 48.5 Å². The molecule has 2 nitrogen and oxygen atoms in total. The number of nitrogens with two attached hydrogens (primary N) is 1. The first-order chi connectivity index (χ1) is 8.16. The maximum atomic E-state index is 5.95. The number of benzene rings is 2. The molecule has 0 aromatic heterocycles. The van der Waals surface area contributed by atoms with Gasteiger partial charge in [-0.05, 0) is 37.1 Å². The summed E-state index contributed by atoms with van der Waals surface area (Å²) in [5.74, 6) is 0.